The fourth-order valence-electron chi connectivity index (χ4n) is 4.02. The van der Waals surface area contributed by atoms with Crippen molar-refractivity contribution in [2.24, 2.45) is 0 Å². The molecule has 1 aromatic carbocycles. The third-order valence-corrected chi connectivity index (χ3v) is 5.92. The van der Waals surface area contributed by atoms with Gasteiger partial charge in [-0.25, -0.2) is 0 Å². The molecule has 0 unspecified atom stereocenters. The number of hydrogen-bond donors (Lipinski definition) is 0. The lowest BCUT2D eigenvalue weighted by Gasteiger charge is -2.15. The lowest BCUT2D eigenvalue weighted by Crippen LogP contribution is -1.99. The molecule has 0 aromatic heterocycles. The van der Waals surface area contributed by atoms with Gasteiger partial charge >= 0.3 is 0 Å². The topological polar surface area (TPSA) is 0 Å². The Bertz CT molecular complexity index is 485. The summed E-state index contributed by atoms with van der Waals surface area (Å²) >= 11 is 0. The van der Waals surface area contributed by atoms with Gasteiger partial charge in [-0.3, -0.25) is 0 Å². The van der Waals surface area contributed by atoms with Gasteiger partial charge in [0.2, 0.25) is 0 Å². The summed E-state index contributed by atoms with van der Waals surface area (Å²) in [5.41, 5.74) is 3.00. The third kappa shape index (κ3) is 12.4. The molecule has 0 aliphatic heterocycles. The molecule has 0 aliphatic carbocycles. The van der Waals surface area contributed by atoms with Gasteiger partial charge in [0.05, 0.1) is 0 Å². The van der Waals surface area contributed by atoms with Crippen LogP contribution in [0.15, 0.2) is 36.4 Å². The number of rotatable bonds is 18. The average molecular weight is 384 g/mol. The summed E-state index contributed by atoms with van der Waals surface area (Å²) in [6, 6.07) is 8.93. The highest BCUT2D eigenvalue weighted by atomic mass is 14.1. The Morgan fingerprint density at radius 3 is 1.82 bits per heavy atom. The number of benzene rings is 1. The highest BCUT2D eigenvalue weighted by Gasteiger charge is 2.09. The Labute approximate surface area is 177 Å². The number of hydrogen-bond acceptors (Lipinski definition) is 0. The first-order valence-corrected chi connectivity index (χ1v) is 12.3. The maximum Gasteiger partial charge on any atom is 0.00217 e. The largest absolute Gasteiger partial charge is 0.0885 e. The Kier molecular flexibility index (Phi) is 16.1. The van der Waals surface area contributed by atoms with Gasteiger partial charge in [0.15, 0.2) is 0 Å². The van der Waals surface area contributed by atoms with E-state index in [9.17, 15) is 0 Å². The molecule has 0 atom stereocenters. The fourth-order valence-corrected chi connectivity index (χ4v) is 4.02. The summed E-state index contributed by atoms with van der Waals surface area (Å²) in [4.78, 5) is 0. The van der Waals surface area contributed by atoms with Crippen molar-refractivity contribution in [1.82, 2.24) is 0 Å². The van der Waals surface area contributed by atoms with Crippen molar-refractivity contribution in [3.05, 3.63) is 53.5 Å². The van der Waals surface area contributed by atoms with E-state index in [-0.39, 0.29) is 0 Å². The van der Waals surface area contributed by atoms with Crippen molar-refractivity contribution in [3.8, 4) is 0 Å². The second kappa shape index (κ2) is 18.0. The zero-order valence-corrected chi connectivity index (χ0v) is 19.3. The summed E-state index contributed by atoms with van der Waals surface area (Å²) in [6.45, 7) is 6.87. The molecule has 0 heterocycles. The molecule has 0 N–H and O–H groups in total. The molecule has 28 heavy (non-hydrogen) atoms. The van der Waals surface area contributed by atoms with Crippen LogP contribution in [0.4, 0.5) is 0 Å². The van der Waals surface area contributed by atoms with E-state index in [2.05, 4.69) is 57.2 Å². The van der Waals surface area contributed by atoms with E-state index < -0.39 is 0 Å². The Morgan fingerprint density at radius 2 is 1.21 bits per heavy atom. The lowest BCUT2D eigenvalue weighted by molar-refractivity contribution is 0.587. The first-order valence-electron chi connectivity index (χ1n) is 12.3. The molecule has 0 amide bonds. The molecule has 0 nitrogen and oxygen atoms in total. The molecule has 1 rings (SSSR count). The monoisotopic (exact) mass is 383 g/mol. The van der Waals surface area contributed by atoms with Crippen LogP contribution >= 0.6 is 0 Å². The first kappa shape index (κ1) is 25.0. The molecular weight excluding hydrogens is 336 g/mol. The van der Waals surface area contributed by atoms with Crippen molar-refractivity contribution in [2.75, 3.05) is 0 Å². The van der Waals surface area contributed by atoms with Gasteiger partial charge in [-0.2, -0.15) is 0 Å². The molecule has 0 heteroatoms. The van der Waals surface area contributed by atoms with E-state index >= 15 is 0 Å². The molecule has 0 fully saturated rings. The minimum Gasteiger partial charge on any atom is -0.0885 e. The van der Waals surface area contributed by atoms with Gasteiger partial charge in [-0.15, -0.1) is 0 Å². The van der Waals surface area contributed by atoms with Gasteiger partial charge in [0, 0.05) is 5.92 Å². The SMILES string of the molecule is CCCCCCCC/C=C\CCCCCCCC[C](C)c1ccccc1CC. The van der Waals surface area contributed by atoms with Gasteiger partial charge < -0.3 is 0 Å². The summed E-state index contributed by atoms with van der Waals surface area (Å²) in [7, 11) is 0. The minimum absolute atomic E-state index is 1.14. The Morgan fingerprint density at radius 1 is 0.679 bits per heavy atom. The van der Waals surface area contributed by atoms with E-state index in [0.29, 0.717) is 0 Å². The van der Waals surface area contributed by atoms with Crippen molar-refractivity contribution < 1.29 is 0 Å². The van der Waals surface area contributed by atoms with E-state index in [4.69, 9.17) is 0 Å². The predicted octanol–water partition coefficient (Wildman–Crippen LogP) is 9.62. The summed E-state index contributed by atoms with van der Waals surface area (Å²) in [5, 5.41) is 0. The zero-order valence-electron chi connectivity index (χ0n) is 19.3. The second-order valence-electron chi connectivity index (χ2n) is 8.48. The van der Waals surface area contributed by atoms with Crippen LogP contribution in [-0.4, -0.2) is 0 Å². The van der Waals surface area contributed by atoms with Crippen LogP contribution in [0.5, 0.6) is 0 Å². The van der Waals surface area contributed by atoms with Gasteiger partial charge in [0.25, 0.3) is 0 Å². The van der Waals surface area contributed by atoms with Crippen LogP contribution in [0, 0.1) is 5.92 Å². The number of aryl methyl sites for hydroxylation is 1. The van der Waals surface area contributed by atoms with E-state index in [0.717, 1.165) is 6.42 Å². The van der Waals surface area contributed by atoms with Crippen LogP contribution in [0.25, 0.3) is 0 Å². The van der Waals surface area contributed by atoms with Crippen molar-refractivity contribution >= 4 is 0 Å². The molecule has 0 aliphatic rings. The zero-order chi connectivity index (χ0) is 20.3. The average Bonchev–Trinajstić information content (AvgIpc) is 2.73. The van der Waals surface area contributed by atoms with Crippen LogP contribution in [0.3, 0.4) is 0 Å². The molecule has 0 saturated heterocycles. The number of unbranched alkanes of at least 4 members (excludes halogenated alkanes) is 12. The van der Waals surface area contributed by atoms with Gasteiger partial charge in [-0.1, -0.05) is 121 Å². The Hall–Kier alpha value is -1.04. The molecular formula is C28H47. The normalized spacial score (nSPS) is 11.7. The molecule has 0 saturated carbocycles. The van der Waals surface area contributed by atoms with Gasteiger partial charge in [-0.05, 0) is 49.7 Å². The summed E-state index contributed by atoms with van der Waals surface area (Å²) in [5.74, 6) is 1.58. The maximum absolute atomic E-state index is 2.43. The quantitative estimate of drug-likeness (QED) is 0.175. The summed E-state index contributed by atoms with van der Waals surface area (Å²) < 4.78 is 0. The molecule has 159 valence electrons. The van der Waals surface area contributed by atoms with Crippen LogP contribution in [0.2, 0.25) is 0 Å². The van der Waals surface area contributed by atoms with Crippen molar-refractivity contribution in [3.63, 3.8) is 0 Å². The molecule has 0 spiro atoms. The number of allylic oxidation sites excluding steroid dienone is 2. The lowest BCUT2D eigenvalue weighted by atomic mass is 9.90. The Balaban J connectivity index is 1.90. The molecule has 0 bridgehead atoms. The van der Waals surface area contributed by atoms with Gasteiger partial charge in [0.1, 0.15) is 0 Å². The second-order valence-corrected chi connectivity index (χ2v) is 8.48. The highest BCUT2D eigenvalue weighted by molar-refractivity contribution is 5.37. The minimum atomic E-state index is 1.14. The standard InChI is InChI=1S/C28H47/c1-4-6-7-8-9-10-11-12-13-14-15-16-17-18-19-20-23-26(3)28-25-22-21-24-27(28)5-2/h12-13,21-22,24-25H,4-11,14-20,23H2,1-3H3/b13-12-. The van der Waals surface area contributed by atoms with E-state index in [1.165, 1.54) is 107 Å². The molecule has 1 aromatic rings. The van der Waals surface area contributed by atoms with Crippen molar-refractivity contribution in [2.45, 2.75) is 124 Å². The van der Waals surface area contributed by atoms with E-state index in [1.54, 1.807) is 5.92 Å². The van der Waals surface area contributed by atoms with Crippen LogP contribution < -0.4 is 0 Å². The first-order chi connectivity index (χ1) is 13.8. The summed E-state index contributed by atoms with van der Waals surface area (Å²) in [6.07, 6.45) is 26.6. The smallest absolute Gasteiger partial charge is 0.00217 e. The van der Waals surface area contributed by atoms with Crippen molar-refractivity contribution in [1.29, 1.82) is 0 Å². The van der Waals surface area contributed by atoms with E-state index in [1.807, 2.05) is 0 Å². The van der Waals surface area contributed by atoms with Crippen LogP contribution in [-0.2, 0) is 6.42 Å². The molecule has 1 radical (unpaired) electrons. The fraction of sp³-hybridized carbons (Fsp3) is 0.679. The highest BCUT2D eigenvalue weighted by Crippen LogP contribution is 2.25. The van der Waals surface area contributed by atoms with Crippen LogP contribution in [0.1, 0.15) is 128 Å². The third-order valence-electron chi connectivity index (χ3n) is 5.92. The maximum atomic E-state index is 2.43. The predicted molar refractivity (Wildman–Crippen MR) is 128 cm³/mol.